The van der Waals surface area contributed by atoms with Gasteiger partial charge in [-0.3, -0.25) is 4.79 Å². The molecule has 0 atom stereocenters. The zero-order valence-electron chi connectivity index (χ0n) is 6.25. The smallest absolute Gasteiger partial charge is 0.153 e. The summed E-state index contributed by atoms with van der Waals surface area (Å²) in [6.45, 7) is 2.03. The molecule has 0 bridgehead atoms. The van der Waals surface area contributed by atoms with Gasteiger partial charge in [0.05, 0.1) is 17.5 Å². The van der Waals surface area contributed by atoms with E-state index in [0.717, 1.165) is 29.0 Å². The van der Waals surface area contributed by atoms with E-state index in [2.05, 4.69) is 5.10 Å². The molecule has 0 spiro atoms. The van der Waals surface area contributed by atoms with Crippen LogP contribution in [0.2, 0.25) is 0 Å². The van der Waals surface area contributed by atoms with Crippen LogP contribution in [0.4, 0.5) is 0 Å². The lowest BCUT2D eigenvalue weighted by atomic mass is 10.2. The number of halogens is 1. The Balaban J connectivity index is 2.92. The van der Waals surface area contributed by atoms with Crippen molar-refractivity contribution in [1.29, 1.82) is 0 Å². The Morgan fingerprint density at radius 1 is 1.82 bits per heavy atom. The molecular formula is C7H9ClN2O. The molecule has 0 N–H and O–H groups in total. The molecule has 0 radical (unpaired) electrons. The van der Waals surface area contributed by atoms with Gasteiger partial charge in [0.1, 0.15) is 0 Å². The standard InChI is InChI=1S/C7H9ClN2O/c1-2-3-7-6(5-11)4-10(8)9-7/h4-5H,2-3H2,1H3. The Morgan fingerprint density at radius 3 is 3.09 bits per heavy atom. The third kappa shape index (κ3) is 1.80. The molecule has 0 aliphatic rings. The average Bonchev–Trinajstić information content (AvgIpc) is 2.32. The molecule has 0 fully saturated rings. The van der Waals surface area contributed by atoms with Gasteiger partial charge in [0, 0.05) is 11.8 Å². The quantitative estimate of drug-likeness (QED) is 0.650. The van der Waals surface area contributed by atoms with Gasteiger partial charge >= 0.3 is 0 Å². The van der Waals surface area contributed by atoms with E-state index >= 15 is 0 Å². The van der Waals surface area contributed by atoms with Crippen molar-refractivity contribution in [2.45, 2.75) is 19.8 Å². The van der Waals surface area contributed by atoms with E-state index in [4.69, 9.17) is 11.8 Å². The lowest BCUT2D eigenvalue weighted by molar-refractivity contribution is 0.112. The highest BCUT2D eigenvalue weighted by Gasteiger charge is 2.05. The maximum absolute atomic E-state index is 10.4. The van der Waals surface area contributed by atoms with Gasteiger partial charge in [0.25, 0.3) is 0 Å². The zero-order valence-corrected chi connectivity index (χ0v) is 7.01. The number of rotatable bonds is 3. The summed E-state index contributed by atoms with van der Waals surface area (Å²) in [5.74, 6) is 0. The third-order valence-electron chi connectivity index (χ3n) is 1.41. The first-order valence-electron chi connectivity index (χ1n) is 3.47. The molecule has 0 unspecified atom stereocenters. The number of aromatic nitrogens is 2. The number of aryl methyl sites for hydroxylation is 1. The average molecular weight is 173 g/mol. The predicted molar refractivity (Wildman–Crippen MR) is 42.9 cm³/mol. The fourth-order valence-electron chi connectivity index (χ4n) is 0.921. The van der Waals surface area contributed by atoms with Crippen molar-refractivity contribution >= 4 is 18.1 Å². The van der Waals surface area contributed by atoms with E-state index in [1.54, 1.807) is 0 Å². The molecule has 1 aromatic rings. The minimum absolute atomic E-state index is 0.585. The van der Waals surface area contributed by atoms with E-state index in [9.17, 15) is 4.79 Å². The number of aldehydes is 1. The lowest BCUT2D eigenvalue weighted by Crippen LogP contribution is -1.89. The molecule has 3 nitrogen and oxygen atoms in total. The molecule has 0 saturated heterocycles. The molecule has 0 aliphatic heterocycles. The maximum Gasteiger partial charge on any atom is 0.153 e. The second kappa shape index (κ2) is 3.53. The summed E-state index contributed by atoms with van der Waals surface area (Å²) in [7, 11) is 0. The van der Waals surface area contributed by atoms with E-state index in [1.165, 1.54) is 6.20 Å². The maximum atomic E-state index is 10.4. The molecule has 4 heteroatoms. The van der Waals surface area contributed by atoms with Gasteiger partial charge in [-0.05, 0) is 6.42 Å². The van der Waals surface area contributed by atoms with Gasteiger partial charge < -0.3 is 0 Å². The van der Waals surface area contributed by atoms with Crippen molar-refractivity contribution in [1.82, 2.24) is 9.30 Å². The number of hydrogen-bond donors (Lipinski definition) is 0. The summed E-state index contributed by atoms with van der Waals surface area (Å²) in [4.78, 5) is 10.4. The van der Waals surface area contributed by atoms with Crippen LogP contribution in [0, 0.1) is 0 Å². The molecule has 1 heterocycles. The Kier molecular flexibility index (Phi) is 2.65. The van der Waals surface area contributed by atoms with Crippen LogP contribution in [-0.4, -0.2) is 15.6 Å². The monoisotopic (exact) mass is 172 g/mol. The topological polar surface area (TPSA) is 34.9 Å². The van der Waals surface area contributed by atoms with Crippen LogP contribution >= 0.6 is 11.8 Å². The van der Waals surface area contributed by atoms with E-state index in [0.29, 0.717) is 5.56 Å². The number of carbonyl (C=O) groups is 1. The third-order valence-corrected chi connectivity index (χ3v) is 1.58. The highest BCUT2D eigenvalue weighted by atomic mass is 35.5. The fourth-order valence-corrected chi connectivity index (χ4v) is 1.12. The van der Waals surface area contributed by atoms with E-state index in [-0.39, 0.29) is 0 Å². The van der Waals surface area contributed by atoms with Gasteiger partial charge in [-0.1, -0.05) is 13.3 Å². The summed E-state index contributed by atoms with van der Waals surface area (Å²) in [5, 5.41) is 3.92. The molecular weight excluding hydrogens is 164 g/mol. The molecule has 1 aromatic heterocycles. The first-order valence-corrected chi connectivity index (χ1v) is 3.81. The summed E-state index contributed by atoms with van der Waals surface area (Å²) >= 11 is 5.53. The van der Waals surface area contributed by atoms with Crippen molar-refractivity contribution in [3.8, 4) is 0 Å². The zero-order chi connectivity index (χ0) is 8.27. The molecule has 60 valence electrons. The number of nitrogens with zero attached hydrogens (tertiary/aromatic N) is 2. The lowest BCUT2D eigenvalue weighted by Gasteiger charge is -1.89. The van der Waals surface area contributed by atoms with Crippen LogP contribution in [0.5, 0.6) is 0 Å². The van der Waals surface area contributed by atoms with Crippen molar-refractivity contribution < 1.29 is 4.79 Å². The molecule has 11 heavy (non-hydrogen) atoms. The Bertz CT molecular complexity index is 257. The second-order valence-corrected chi connectivity index (χ2v) is 2.63. The Morgan fingerprint density at radius 2 is 2.55 bits per heavy atom. The molecule has 1 rings (SSSR count). The minimum atomic E-state index is 0.585. The van der Waals surface area contributed by atoms with Gasteiger partial charge in [-0.2, -0.15) is 9.30 Å². The highest BCUT2D eigenvalue weighted by molar-refractivity contribution is 6.14. The van der Waals surface area contributed by atoms with Crippen LogP contribution in [-0.2, 0) is 6.42 Å². The van der Waals surface area contributed by atoms with Crippen molar-refractivity contribution in [2.75, 3.05) is 0 Å². The first kappa shape index (κ1) is 8.27. The summed E-state index contributed by atoms with van der Waals surface area (Å²) < 4.78 is 1.15. The molecule has 0 aromatic carbocycles. The van der Waals surface area contributed by atoms with E-state index < -0.39 is 0 Å². The predicted octanol–water partition coefficient (Wildman–Crippen LogP) is 1.65. The fraction of sp³-hybridized carbons (Fsp3) is 0.429. The van der Waals surface area contributed by atoms with E-state index in [1.807, 2.05) is 6.92 Å². The Hall–Kier alpha value is -0.830. The minimum Gasteiger partial charge on any atom is -0.298 e. The molecule has 0 saturated carbocycles. The van der Waals surface area contributed by atoms with Gasteiger partial charge in [-0.15, -0.1) is 0 Å². The SMILES string of the molecule is CCCc1nn(Cl)cc1C=O. The van der Waals surface area contributed by atoms with Crippen LogP contribution in [0.15, 0.2) is 6.20 Å². The van der Waals surface area contributed by atoms with Crippen LogP contribution in [0.3, 0.4) is 0 Å². The van der Waals surface area contributed by atoms with Gasteiger partial charge in [0.2, 0.25) is 0 Å². The second-order valence-electron chi connectivity index (χ2n) is 2.29. The Labute approximate surface area is 70.1 Å². The van der Waals surface area contributed by atoms with Gasteiger partial charge in [-0.25, -0.2) is 0 Å². The summed E-state index contributed by atoms with van der Waals surface area (Å²) in [5.41, 5.74) is 1.36. The number of carbonyl (C=O) groups excluding carboxylic acids is 1. The largest absolute Gasteiger partial charge is 0.298 e. The summed E-state index contributed by atoms with van der Waals surface area (Å²) in [6.07, 6.45) is 4.05. The van der Waals surface area contributed by atoms with Crippen molar-refractivity contribution in [3.63, 3.8) is 0 Å². The van der Waals surface area contributed by atoms with Crippen LogP contribution in [0.1, 0.15) is 29.4 Å². The van der Waals surface area contributed by atoms with Crippen molar-refractivity contribution in [3.05, 3.63) is 17.5 Å². The van der Waals surface area contributed by atoms with Crippen molar-refractivity contribution in [2.24, 2.45) is 0 Å². The number of hydrogen-bond acceptors (Lipinski definition) is 2. The van der Waals surface area contributed by atoms with Crippen LogP contribution in [0.25, 0.3) is 0 Å². The normalized spacial score (nSPS) is 10.0. The van der Waals surface area contributed by atoms with Gasteiger partial charge in [0.15, 0.2) is 6.29 Å². The van der Waals surface area contributed by atoms with Crippen LogP contribution < -0.4 is 0 Å². The molecule has 0 amide bonds. The summed E-state index contributed by atoms with van der Waals surface area (Å²) in [6, 6.07) is 0. The highest BCUT2D eigenvalue weighted by Crippen LogP contribution is 2.07. The molecule has 0 aliphatic carbocycles. The first-order chi connectivity index (χ1) is 5.27.